The minimum Gasteiger partial charge on any atom is -0.397 e. The molecule has 0 saturated heterocycles. The smallest absolute Gasteiger partial charge is 0.106 e. The molecule has 0 amide bonds. The summed E-state index contributed by atoms with van der Waals surface area (Å²) in [5.74, 6) is 5.31. The standard InChI is InChI=1S/6C5H12.C3H8.C2H6O.3C2H6.6CH5N.11CH2O.5H3N.H2/c6*1-4-5(2)3;1-3-2;1-2-3;20*1-2;;;;;;/h6*5H,4H2,1-3H3;3H2,1-2H3;3H,2H2,1H3;3*1-2H3;6*2H2,1H3;11*1H2;5*1H3;1H. The Bertz CT molecular complexity index is 372. The highest BCUT2D eigenvalue weighted by atomic mass is 16.2. The van der Waals surface area contributed by atoms with Crippen LogP contribution in [0.4, 0.5) is 0 Å². The van der Waals surface area contributed by atoms with E-state index in [4.69, 9.17) is 57.8 Å². The first-order valence-electron chi connectivity index (χ1n) is 25.7. The molecule has 0 bridgehead atoms. The number of hydrogen-bond acceptors (Lipinski definition) is 23. The SMILES string of the molecule is C=O.C=O.C=O.C=O.C=O.C=O.C=O.C=O.C=O.C=O.C=O.CC.CC.CC.CCC.CCC(C)C.CCC(C)C.CCC(C)C.CCC(C)C.CCC(C)C.CCC(C)C.CCO.CN.CN.CN.CN.CN.CN.N.N.N.N.N.[HH]. The molecule has 0 radical (unpaired) electrons. The number of carbonyl (C=O) groups is 11. The summed E-state index contributed by atoms with van der Waals surface area (Å²) in [6.45, 7) is 80.0. The summed E-state index contributed by atoms with van der Waals surface area (Å²) in [6.07, 6.45) is 9.08. The second-order valence-electron chi connectivity index (χ2n) is 11.8. The zero-order chi connectivity index (χ0) is 71.1. The lowest BCUT2D eigenvalue weighted by molar-refractivity contribution is -0.0987. The maximum Gasteiger partial charge on any atom is 0.106 e. The monoisotopic (exact) mass is 1220 g/mol. The van der Waals surface area contributed by atoms with Gasteiger partial charge in [0.1, 0.15) is 74.7 Å². The zero-order valence-corrected chi connectivity index (χ0v) is 61.8. The minimum absolute atomic E-state index is 0. The Hall–Kier alpha value is -4.11. The zero-order valence-electron chi connectivity index (χ0n) is 61.8. The van der Waals surface area contributed by atoms with Gasteiger partial charge in [-0.3, -0.25) is 0 Å². The first-order valence-corrected chi connectivity index (χ1v) is 25.7. The van der Waals surface area contributed by atoms with Crippen molar-refractivity contribution < 1.29 is 59.3 Å². The van der Waals surface area contributed by atoms with E-state index in [-0.39, 0.29) is 38.8 Å². The Morgan fingerprint density at radius 2 is 0.247 bits per heavy atom. The van der Waals surface area contributed by atoms with Crippen LogP contribution in [0.1, 0.15) is 233 Å². The molecule has 0 heterocycles. The van der Waals surface area contributed by atoms with Gasteiger partial charge in [0.25, 0.3) is 0 Å². The van der Waals surface area contributed by atoms with E-state index < -0.39 is 0 Å². The predicted octanol–water partition coefficient (Wildman–Crippen LogP) is 13.3. The van der Waals surface area contributed by atoms with Gasteiger partial charge in [-0.2, -0.15) is 0 Å². The van der Waals surface area contributed by atoms with E-state index in [1.807, 2.05) is 116 Å². The average molecular weight is 1220 g/mol. The first kappa shape index (κ1) is 230. The largest absolute Gasteiger partial charge is 0.397 e. The molecule has 0 spiro atoms. The van der Waals surface area contributed by atoms with Crippen LogP contribution in [0, 0.1) is 35.5 Å². The summed E-state index contributed by atoms with van der Waals surface area (Å²) in [5.41, 5.74) is 27.0. The van der Waals surface area contributed by atoms with Crippen molar-refractivity contribution >= 4 is 74.7 Å². The van der Waals surface area contributed by atoms with Crippen molar-refractivity contribution in [3.05, 3.63) is 0 Å². The molecule has 0 saturated carbocycles. The molecule has 0 aliphatic carbocycles. The Kier molecular flexibility index (Phi) is 2520. The number of rotatable bonds is 6. The van der Waals surface area contributed by atoms with Crippen LogP contribution in [0.3, 0.4) is 0 Å². The van der Waals surface area contributed by atoms with Crippen LogP contribution in [-0.4, -0.2) is 129 Å². The third kappa shape index (κ3) is 6660. The van der Waals surface area contributed by atoms with Crippen LogP contribution in [-0.2, 0) is 52.7 Å². The number of hydrogen-bond donors (Lipinski definition) is 12. The molecule has 0 rings (SSSR count). The van der Waals surface area contributed by atoms with Crippen LogP contribution in [0.2, 0.25) is 0 Å². The number of aliphatic hydroxyl groups excluding tert-OH is 1. The van der Waals surface area contributed by atoms with Gasteiger partial charge in [-0.05, 0) is 84.7 Å². The van der Waals surface area contributed by atoms with Gasteiger partial charge in [0.2, 0.25) is 0 Å². The number of carbonyl (C=O) groups excluding carboxylic acids is 11. The van der Waals surface area contributed by atoms with Crippen LogP contribution in [0.15, 0.2) is 0 Å². The van der Waals surface area contributed by atoms with Gasteiger partial charge in [0, 0.05) is 8.03 Å². The van der Waals surface area contributed by atoms with Gasteiger partial charge in [0.15, 0.2) is 0 Å². The van der Waals surface area contributed by atoms with Crippen LogP contribution in [0.5, 0.6) is 0 Å². The molecule has 0 aliphatic rings. The van der Waals surface area contributed by atoms with E-state index in [1.54, 1.807) is 6.92 Å². The van der Waals surface area contributed by atoms with Crippen molar-refractivity contribution in [3.8, 4) is 0 Å². The van der Waals surface area contributed by atoms with E-state index in [2.05, 4.69) is 173 Å². The van der Waals surface area contributed by atoms with Crippen molar-refractivity contribution in [1.29, 1.82) is 0 Å². The molecule has 0 aliphatic heterocycles. The van der Waals surface area contributed by atoms with Crippen LogP contribution in [0.25, 0.3) is 0 Å². The highest BCUT2D eigenvalue weighted by molar-refractivity contribution is 5.12. The molecule has 532 valence electrons. The molecule has 28 N–H and O–H groups in total. The fraction of sp³-hybridized carbons (Fsp3) is 0.810. The third-order valence-corrected chi connectivity index (χ3v) is 4.90. The minimum atomic E-state index is 0. The van der Waals surface area contributed by atoms with E-state index >= 15 is 0 Å². The van der Waals surface area contributed by atoms with Crippen molar-refractivity contribution in [2.24, 2.45) is 69.9 Å². The Morgan fingerprint density at radius 3 is 0.247 bits per heavy atom. The number of aliphatic hydroxyl groups is 1. The van der Waals surface area contributed by atoms with Gasteiger partial charge in [-0.1, -0.05) is 225 Å². The topological polar surface area (TPSA) is 539 Å². The molecule has 0 aromatic heterocycles. The van der Waals surface area contributed by atoms with E-state index in [9.17, 15) is 0 Å². The molecule has 0 aromatic carbocycles. The normalized spacial score (nSPS) is 5.21. The Morgan fingerprint density at radius 1 is 0.235 bits per heavy atom. The van der Waals surface area contributed by atoms with Crippen molar-refractivity contribution in [3.63, 3.8) is 0 Å². The quantitative estimate of drug-likeness (QED) is 0.117. The molecule has 0 aromatic rings. The maximum absolute atomic E-state index is 8.00. The molecule has 23 nitrogen and oxygen atoms in total. The molecular weight excluding hydrogens is 1040 g/mol. The lowest BCUT2D eigenvalue weighted by Crippen LogP contribution is -1.77. The lowest BCUT2D eigenvalue weighted by atomic mass is 10.2. The summed E-state index contributed by atoms with van der Waals surface area (Å²) >= 11 is 0. The van der Waals surface area contributed by atoms with Gasteiger partial charge < -0.3 is 123 Å². The lowest BCUT2D eigenvalue weighted by Gasteiger charge is -1.90. The van der Waals surface area contributed by atoms with Crippen molar-refractivity contribution in [2.45, 2.75) is 232 Å². The molecule has 23 heteroatoms. The Labute approximate surface area is 513 Å². The van der Waals surface area contributed by atoms with Gasteiger partial charge in [-0.25, -0.2) is 0 Å². The van der Waals surface area contributed by atoms with E-state index in [0.29, 0.717) is 0 Å². The summed E-state index contributed by atoms with van der Waals surface area (Å²) in [4.78, 5) is 88.0. The van der Waals surface area contributed by atoms with Crippen LogP contribution < -0.4 is 65.2 Å². The van der Waals surface area contributed by atoms with Gasteiger partial charge in [0.05, 0.1) is 0 Å². The molecule has 0 atom stereocenters. The van der Waals surface area contributed by atoms with E-state index in [1.165, 1.54) is 87.2 Å². The highest BCUT2D eigenvalue weighted by Gasteiger charge is 1.82. The van der Waals surface area contributed by atoms with Gasteiger partial charge in [-0.15, -0.1) is 0 Å². The Balaban J connectivity index is -0.00000000918. The third-order valence-electron chi connectivity index (χ3n) is 4.90. The summed E-state index contributed by atoms with van der Waals surface area (Å²) in [6, 6.07) is 0. The summed E-state index contributed by atoms with van der Waals surface area (Å²) < 4.78 is 0. The second-order valence-corrected chi connectivity index (χ2v) is 11.8. The van der Waals surface area contributed by atoms with Crippen LogP contribution >= 0.6 is 0 Å². The summed E-state index contributed by atoms with van der Waals surface area (Å²) in [5, 5.41) is 7.57. The average Bonchev–Trinajstić information content (AvgIpc) is 3.54. The molecular formula is C58H173N11O12. The van der Waals surface area contributed by atoms with Gasteiger partial charge >= 0.3 is 0 Å². The number of nitrogens with two attached hydrogens (primary N) is 6. The molecule has 81 heavy (non-hydrogen) atoms. The van der Waals surface area contributed by atoms with E-state index in [0.717, 1.165) is 35.5 Å². The molecule has 0 fully saturated rings. The summed E-state index contributed by atoms with van der Waals surface area (Å²) in [7, 11) is 9.00. The first-order chi connectivity index (χ1) is 36.4. The predicted molar refractivity (Wildman–Crippen MR) is 380 cm³/mol. The fourth-order valence-electron chi connectivity index (χ4n) is 0. The second kappa shape index (κ2) is 888. The highest BCUT2D eigenvalue weighted by Crippen LogP contribution is 1.96. The van der Waals surface area contributed by atoms with Crippen molar-refractivity contribution in [1.82, 2.24) is 30.8 Å². The van der Waals surface area contributed by atoms with Crippen molar-refractivity contribution in [2.75, 3.05) is 48.9 Å². The molecule has 0 unspecified atom stereocenters. The fourth-order valence-corrected chi connectivity index (χ4v) is 0. The maximum atomic E-state index is 8.00.